The maximum atomic E-state index is 11.8. The van der Waals surface area contributed by atoms with E-state index in [9.17, 15) is 4.79 Å². The maximum absolute atomic E-state index is 11.8. The van der Waals surface area contributed by atoms with Crippen LogP contribution in [0.1, 0.15) is 11.3 Å². The molecule has 0 radical (unpaired) electrons. The highest BCUT2D eigenvalue weighted by molar-refractivity contribution is 5.92. The van der Waals surface area contributed by atoms with Crippen LogP contribution in [0.3, 0.4) is 0 Å². The van der Waals surface area contributed by atoms with Gasteiger partial charge in [-0.1, -0.05) is 30.3 Å². The van der Waals surface area contributed by atoms with E-state index < -0.39 is 0 Å². The molecule has 1 aromatic heterocycles. The summed E-state index contributed by atoms with van der Waals surface area (Å²) >= 11 is 0. The molecule has 0 saturated heterocycles. The third-order valence-corrected chi connectivity index (χ3v) is 3.45. The van der Waals surface area contributed by atoms with Crippen LogP contribution in [0.2, 0.25) is 0 Å². The van der Waals surface area contributed by atoms with E-state index in [1.807, 2.05) is 54.6 Å². The first-order chi connectivity index (χ1) is 11.2. The van der Waals surface area contributed by atoms with Crippen molar-refractivity contribution in [2.24, 2.45) is 0 Å². The van der Waals surface area contributed by atoms with Crippen LogP contribution >= 0.6 is 0 Å². The number of amides is 1. The third-order valence-electron chi connectivity index (χ3n) is 3.45. The minimum atomic E-state index is -0.160. The molecular weight excluding hydrogens is 290 g/mol. The highest BCUT2D eigenvalue weighted by atomic mass is 16.5. The van der Waals surface area contributed by atoms with E-state index in [1.165, 1.54) is 6.08 Å². The van der Waals surface area contributed by atoms with Crippen LogP contribution in [0.15, 0.2) is 65.1 Å². The summed E-state index contributed by atoms with van der Waals surface area (Å²) in [5, 5.41) is 3.77. The first kappa shape index (κ1) is 14.9. The van der Waals surface area contributed by atoms with Gasteiger partial charge < -0.3 is 14.5 Å². The minimum absolute atomic E-state index is 0.160. The zero-order valence-corrected chi connectivity index (χ0v) is 12.8. The molecule has 0 saturated carbocycles. The number of rotatable bonds is 5. The average molecular weight is 307 g/mol. The lowest BCUT2D eigenvalue weighted by atomic mass is 10.2. The fraction of sp³-hybridized carbons (Fsp3) is 0.105. The van der Waals surface area contributed by atoms with Crippen LogP contribution < -0.4 is 10.1 Å². The Labute approximate surface area is 134 Å². The lowest BCUT2D eigenvalue weighted by molar-refractivity contribution is -0.116. The van der Waals surface area contributed by atoms with E-state index in [1.54, 1.807) is 13.2 Å². The van der Waals surface area contributed by atoms with E-state index in [4.69, 9.17) is 9.15 Å². The summed E-state index contributed by atoms with van der Waals surface area (Å²) < 4.78 is 10.8. The predicted molar refractivity (Wildman–Crippen MR) is 90.1 cm³/mol. The van der Waals surface area contributed by atoms with Gasteiger partial charge in [-0.2, -0.15) is 0 Å². The Balaban J connectivity index is 1.64. The fourth-order valence-corrected chi connectivity index (χ4v) is 2.25. The maximum Gasteiger partial charge on any atom is 0.244 e. The van der Waals surface area contributed by atoms with E-state index in [-0.39, 0.29) is 5.91 Å². The Morgan fingerprint density at radius 3 is 2.78 bits per heavy atom. The summed E-state index contributed by atoms with van der Waals surface area (Å²) in [6.07, 6.45) is 3.13. The fourth-order valence-electron chi connectivity index (χ4n) is 2.25. The summed E-state index contributed by atoms with van der Waals surface area (Å²) in [4.78, 5) is 11.8. The van der Waals surface area contributed by atoms with Crippen molar-refractivity contribution in [1.29, 1.82) is 0 Å². The van der Waals surface area contributed by atoms with Gasteiger partial charge in [0.15, 0.2) is 0 Å². The molecule has 0 fully saturated rings. The quantitative estimate of drug-likeness (QED) is 0.730. The minimum Gasteiger partial charge on any atom is -0.497 e. The van der Waals surface area contributed by atoms with Crippen molar-refractivity contribution in [3.8, 4) is 5.75 Å². The molecule has 4 nitrogen and oxygen atoms in total. The number of methoxy groups -OCH3 is 1. The Morgan fingerprint density at radius 1 is 1.17 bits per heavy atom. The van der Waals surface area contributed by atoms with Crippen LogP contribution in [-0.4, -0.2) is 13.0 Å². The molecule has 0 unspecified atom stereocenters. The van der Waals surface area contributed by atoms with Crippen molar-refractivity contribution < 1.29 is 13.9 Å². The second-order valence-electron chi connectivity index (χ2n) is 5.09. The summed E-state index contributed by atoms with van der Waals surface area (Å²) in [5.41, 5.74) is 1.82. The standard InChI is InChI=1S/C19H17NO3/c1-22-16-7-9-18-15(11-16)12-17(23-18)8-10-19(21)20-13-14-5-3-2-4-6-14/h2-12H,13H2,1H3,(H,20,21). The Hall–Kier alpha value is -3.01. The molecule has 0 aliphatic carbocycles. The first-order valence-electron chi connectivity index (χ1n) is 7.32. The van der Waals surface area contributed by atoms with Crippen molar-refractivity contribution in [2.75, 3.05) is 7.11 Å². The van der Waals surface area contributed by atoms with Crippen molar-refractivity contribution >= 4 is 23.0 Å². The smallest absolute Gasteiger partial charge is 0.244 e. The van der Waals surface area contributed by atoms with Crippen LogP contribution in [-0.2, 0) is 11.3 Å². The first-order valence-corrected chi connectivity index (χ1v) is 7.32. The number of ether oxygens (including phenoxy) is 1. The van der Waals surface area contributed by atoms with Crippen LogP contribution in [0.5, 0.6) is 5.75 Å². The van der Waals surface area contributed by atoms with Gasteiger partial charge >= 0.3 is 0 Å². The molecule has 116 valence electrons. The van der Waals surface area contributed by atoms with Gasteiger partial charge in [0.05, 0.1) is 7.11 Å². The van der Waals surface area contributed by atoms with Crippen molar-refractivity contribution in [3.05, 3.63) is 72.0 Å². The molecule has 3 rings (SSSR count). The molecule has 1 heterocycles. The van der Waals surface area contributed by atoms with Crippen molar-refractivity contribution in [2.45, 2.75) is 6.54 Å². The van der Waals surface area contributed by atoms with Gasteiger partial charge in [0, 0.05) is 18.0 Å². The number of nitrogens with one attached hydrogen (secondary N) is 1. The van der Waals surface area contributed by atoms with Gasteiger partial charge in [-0.15, -0.1) is 0 Å². The molecule has 4 heteroatoms. The number of hydrogen-bond acceptors (Lipinski definition) is 3. The number of carbonyl (C=O) groups is 1. The van der Waals surface area contributed by atoms with Gasteiger partial charge in [-0.3, -0.25) is 4.79 Å². The summed E-state index contributed by atoms with van der Waals surface area (Å²) in [6, 6.07) is 17.2. The lowest BCUT2D eigenvalue weighted by Gasteiger charge is -2.01. The second kappa shape index (κ2) is 6.83. The van der Waals surface area contributed by atoms with Gasteiger partial charge in [-0.25, -0.2) is 0 Å². The van der Waals surface area contributed by atoms with Gasteiger partial charge in [0.1, 0.15) is 17.1 Å². The van der Waals surface area contributed by atoms with E-state index >= 15 is 0 Å². The van der Waals surface area contributed by atoms with Crippen LogP contribution in [0.4, 0.5) is 0 Å². The molecular formula is C19H17NO3. The SMILES string of the molecule is COc1ccc2oc(C=CC(=O)NCc3ccccc3)cc2c1. The van der Waals surface area contributed by atoms with Gasteiger partial charge in [0.2, 0.25) is 5.91 Å². The largest absolute Gasteiger partial charge is 0.497 e. The Morgan fingerprint density at radius 2 is 2.00 bits per heavy atom. The molecule has 1 amide bonds. The summed E-state index contributed by atoms with van der Waals surface area (Å²) in [6.45, 7) is 0.501. The number of fused-ring (bicyclic) bond motifs is 1. The average Bonchev–Trinajstić information content (AvgIpc) is 3.01. The molecule has 2 aromatic carbocycles. The van der Waals surface area contributed by atoms with Crippen LogP contribution in [0, 0.1) is 0 Å². The molecule has 0 spiro atoms. The molecule has 0 aliphatic rings. The normalized spacial score (nSPS) is 11.0. The van der Waals surface area contributed by atoms with E-state index in [0.717, 1.165) is 22.3 Å². The number of hydrogen-bond donors (Lipinski definition) is 1. The monoisotopic (exact) mass is 307 g/mol. The topological polar surface area (TPSA) is 51.5 Å². The van der Waals surface area contributed by atoms with E-state index in [2.05, 4.69) is 5.32 Å². The van der Waals surface area contributed by atoms with Gasteiger partial charge in [0.25, 0.3) is 0 Å². The zero-order chi connectivity index (χ0) is 16.1. The lowest BCUT2D eigenvalue weighted by Crippen LogP contribution is -2.20. The molecule has 0 bridgehead atoms. The molecule has 0 aliphatic heterocycles. The third kappa shape index (κ3) is 3.80. The van der Waals surface area contributed by atoms with E-state index in [0.29, 0.717) is 12.3 Å². The highest BCUT2D eigenvalue weighted by Crippen LogP contribution is 2.24. The van der Waals surface area contributed by atoms with Crippen molar-refractivity contribution in [1.82, 2.24) is 5.32 Å². The number of benzene rings is 2. The zero-order valence-electron chi connectivity index (χ0n) is 12.8. The molecule has 3 aromatic rings. The molecule has 23 heavy (non-hydrogen) atoms. The highest BCUT2D eigenvalue weighted by Gasteiger charge is 2.03. The van der Waals surface area contributed by atoms with Crippen molar-refractivity contribution in [3.63, 3.8) is 0 Å². The number of carbonyl (C=O) groups excluding carboxylic acids is 1. The second-order valence-corrected chi connectivity index (χ2v) is 5.09. The van der Waals surface area contributed by atoms with Gasteiger partial charge in [-0.05, 0) is 35.9 Å². The number of furan rings is 1. The molecule has 0 atom stereocenters. The molecule has 1 N–H and O–H groups in total. The Bertz CT molecular complexity index is 834. The summed E-state index contributed by atoms with van der Waals surface area (Å²) in [7, 11) is 1.62. The van der Waals surface area contributed by atoms with Crippen LogP contribution in [0.25, 0.3) is 17.0 Å². The Kier molecular flexibility index (Phi) is 4.43. The predicted octanol–water partition coefficient (Wildman–Crippen LogP) is 3.77. The summed E-state index contributed by atoms with van der Waals surface area (Å²) in [5.74, 6) is 1.24.